The van der Waals surface area contributed by atoms with Gasteiger partial charge >= 0.3 is 6.29 Å². The number of nitrogens with one attached hydrogen (secondary N) is 1. The second kappa shape index (κ2) is 4.07. The van der Waals surface area contributed by atoms with Crippen LogP contribution >= 0.6 is 0 Å². The minimum Gasteiger partial charge on any atom is -0.395 e. The van der Waals surface area contributed by atoms with Gasteiger partial charge in [-0.3, -0.25) is 0 Å². The molecule has 1 aromatic rings. The number of halogens is 2. The number of hydrogen-bond acceptors (Lipinski definition) is 4. The first kappa shape index (κ1) is 11.7. The Bertz CT molecular complexity index is 479. The van der Waals surface area contributed by atoms with Gasteiger partial charge in [-0.05, 0) is 25.1 Å². The van der Waals surface area contributed by atoms with Gasteiger partial charge in [0.2, 0.25) is 0 Å². The summed E-state index contributed by atoms with van der Waals surface area (Å²) < 4.78 is 40.9. The fourth-order valence-corrected chi connectivity index (χ4v) is 2.39. The van der Waals surface area contributed by atoms with Gasteiger partial charge in [-0.1, -0.05) is 6.07 Å². The highest BCUT2D eigenvalue weighted by atomic mass is 19.3. The van der Waals surface area contributed by atoms with Gasteiger partial charge in [0.1, 0.15) is 0 Å². The minimum atomic E-state index is -3.58. The summed E-state index contributed by atoms with van der Waals surface area (Å²) >= 11 is 0. The predicted molar refractivity (Wildman–Crippen MR) is 59.0 cm³/mol. The molecule has 0 amide bonds. The molecule has 1 atom stereocenters. The summed E-state index contributed by atoms with van der Waals surface area (Å²) in [6.07, 6.45) is -3.18. The molecular formula is C12H13F2NO3. The second-order valence-corrected chi connectivity index (χ2v) is 4.30. The molecule has 6 heteroatoms. The van der Waals surface area contributed by atoms with E-state index in [9.17, 15) is 8.78 Å². The lowest BCUT2D eigenvalue weighted by Gasteiger charge is -2.26. The molecule has 18 heavy (non-hydrogen) atoms. The van der Waals surface area contributed by atoms with E-state index in [-0.39, 0.29) is 17.6 Å². The third-order valence-corrected chi connectivity index (χ3v) is 3.10. The van der Waals surface area contributed by atoms with Crippen LogP contribution in [0.4, 0.5) is 8.78 Å². The van der Waals surface area contributed by atoms with Crippen molar-refractivity contribution in [3.05, 3.63) is 23.3 Å². The maximum Gasteiger partial charge on any atom is 0.586 e. The Hall–Kier alpha value is -1.40. The Balaban J connectivity index is 2.06. The highest BCUT2D eigenvalue weighted by Crippen LogP contribution is 2.48. The van der Waals surface area contributed by atoms with E-state index in [1.54, 1.807) is 13.1 Å². The van der Waals surface area contributed by atoms with Crippen LogP contribution in [-0.2, 0) is 11.2 Å². The van der Waals surface area contributed by atoms with Gasteiger partial charge in [-0.25, -0.2) is 0 Å². The molecule has 2 aliphatic heterocycles. The van der Waals surface area contributed by atoms with Crippen LogP contribution in [0, 0.1) is 0 Å². The van der Waals surface area contributed by atoms with Crippen molar-refractivity contribution in [1.29, 1.82) is 0 Å². The summed E-state index contributed by atoms with van der Waals surface area (Å²) in [7, 11) is 1.78. The molecule has 0 aromatic heterocycles. The van der Waals surface area contributed by atoms with E-state index in [0.717, 1.165) is 5.56 Å². The summed E-state index contributed by atoms with van der Waals surface area (Å²) in [5.74, 6) is 0.183. The van der Waals surface area contributed by atoms with Gasteiger partial charge in [0.25, 0.3) is 0 Å². The van der Waals surface area contributed by atoms with Crippen LogP contribution in [-0.4, -0.2) is 26.5 Å². The average molecular weight is 257 g/mol. The van der Waals surface area contributed by atoms with Crippen molar-refractivity contribution < 1.29 is 23.0 Å². The van der Waals surface area contributed by atoms with Crippen molar-refractivity contribution in [1.82, 2.24) is 5.32 Å². The number of fused-ring (bicyclic) bond motifs is 3. The molecule has 3 rings (SSSR count). The zero-order valence-electron chi connectivity index (χ0n) is 9.83. The lowest BCUT2D eigenvalue weighted by molar-refractivity contribution is -0.287. The minimum absolute atomic E-state index is 0.0744. The molecule has 0 aliphatic carbocycles. The largest absolute Gasteiger partial charge is 0.586 e. The molecule has 0 bridgehead atoms. The molecule has 0 saturated carbocycles. The van der Waals surface area contributed by atoms with Crippen LogP contribution < -0.4 is 14.8 Å². The van der Waals surface area contributed by atoms with Crippen molar-refractivity contribution in [2.75, 3.05) is 20.2 Å². The first-order valence-electron chi connectivity index (χ1n) is 5.78. The van der Waals surface area contributed by atoms with E-state index in [0.29, 0.717) is 25.1 Å². The Kier molecular flexibility index (Phi) is 2.64. The molecule has 0 radical (unpaired) electrons. The topological polar surface area (TPSA) is 39.7 Å². The molecule has 2 aliphatic rings. The fraction of sp³-hybridized carbons (Fsp3) is 0.500. The summed E-state index contributed by atoms with van der Waals surface area (Å²) in [4.78, 5) is 0. The zero-order valence-corrected chi connectivity index (χ0v) is 9.83. The maximum atomic E-state index is 13.1. The lowest BCUT2D eigenvalue weighted by atomic mass is 9.96. The van der Waals surface area contributed by atoms with Gasteiger partial charge in [0, 0.05) is 12.1 Å². The molecule has 0 fully saturated rings. The van der Waals surface area contributed by atoms with Gasteiger partial charge < -0.3 is 19.5 Å². The van der Waals surface area contributed by atoms with Crippen molar-refractivity contribution in [3.63, 3.8) is 0 Å². The molecular weight excluding hydrogens is 244 g/mol. The second-order valence-electron chi connectivity index (χ2n) is 4.30. The van der Waals surface area contributed by atoms with Crippen LogP contribution in [0.15, 0.2) is 12.1 Å². The van der Waals surface area contributed by atoms with E-state index < -0.39 is 6.29 Å². The molecule has 2 heterocycles. The number of rotatable bonds is 2. The number of likely N-dealkylation sites (N-methyl/N-ethyl adjacent to an activating group) is 1. The standard InChI is InChI=1S/C12H13F2NO3/c1-15-6-9-10-7(4-5-16-9)2-3-8-11(10)18-12(13,14)17-8/h2-3,9,15H,4-6H2,1H3/t9-/m1/s1. The smallest absolute Gasteiger partial charge is 0.395 e. The first-order valence-corrected chi connectivity index (χ1v) is 5.78. The van der Waals surface area contributed by atoms with Crippen molar-refractivity contribution in [2.24, 2.45) is 0 Å². The highest BCUT2D eigenvalue weighted by molar-refractivity contribution is 5.54. The molecule has 0 unspecified atom stereocenters. The Morgan fingerprint density at radius 1 is 1.39 bits per heavy atom. The quantitative estimate of drug-likeness (QED) is 0.877. The summed E-state index contributed by atoms with van der Waals surface area (Å²) in [5, 5.41) is 2.98. The van der Waals surface area contributed by atoms with Crippen LogP contribution in [0.25, 0.3) is 0 Å². The first-order chi connectivity index (χ1) is 8.61. The van der Waals surface area contributed by atoms with E-state index in [1.165, 1.54) is 6.07 Å². The van der Waals surface area contributed by atoms with E-state index in [2.05, 4.69) is 14.8 Å². The number of hydrogen-bond donors (Lipinski definition) is 1. The van der Waals surface area contributed by atoms with Gasteiger partial charge in [-0.2, -0.15) is 0 Å². The van der Waals surface area contributed by atoms with E-state index in [4.69, 9.17) is 4.74 Å². The van der Waals surface area contributed by atoms with Crippen LogP contribution in [0.5, 0.6) is 11.5 Å². The van der Waals surface area contributed by atoms with Crippen molar-refractivity contribution in [3.8, 4) is 11.5 Å². The van der Waals surface area contributed by atoms with E-state index in [1.807, 2.05) is 0 Å². The fourth-order valence-electron chi connectivity index (χ4n) is 2.39. The molecule has 4 nitrogen and oxygen atoms in total. The van der Waals surface area contributed by atoms with Gasteiger partial charge in [0.15, 0.2) is 11.5 Å². The molecule has 98 valence electrons. The number of ether oxygens (including phenoxy) is 3. The van der Waals surface area contributed by atoms with Crippen LogP contribution in [0.2, 0.25) is 0 Å². The van der Waals surface area contributed by atoms with Crippen LogP contribution in [0.1, 0.15) is 17.2 Å². The molecule has 0 saturated heterocycles. The zero-order chi connectivity index (χ0) is 12.8. The number of benzene rings is 1. The summed E-state index contributed by atoms with van der Waals surface area (Å²) in [6.45, 7) is 1.12. The van der Waals surface area contributed by atoms with Crippen molar-refractivity contribution in [2.45, 2.75) is 18.8 Å². The van der Waals surface area contributed by atoms with Gasteiger partial charge in [-0.15, -0.1) is 8.78 Å². The van der Waals surface area contributed by atoms with Crippen LogP contribution in [0.3, 0.4) is 0 Å². The van der Waals surface area contributed by atoms with Gasteiger partial charge in [0.05, 0.1) is 12.7 Å². The molecule has 1 N–H and O–H groups in total. The Labute approximate surface area is 103 Å². The lowest BCUT2D eigenvalue weighted by Crippen LogP contribution is -2.28. The third-order valence-electron chi connectivity index (χ3n) is 3.10. The average Bonchev–Trinajstić information content (AvgIpc) is 2.64. The third kappa shape index (κ3) is 1.81. The number of alkyl halides is 2. The molecule has 0 spiro atoms. The Morgan fingerprint density at radius 2 is 2.22 bits per heavy atom. The van der Waals surface area contributed by atoms with Crippen molar-refractivity contribution >= 4 is 0 Å². The Morgan fingerprint density at radius 3 is 3.00 bits per heavy atom. The van der Waals surface area contributed by atoms with E-state index >= 15 is 0 Å². The normalized spacial score (nSPS) is 23.8. The maximum absolute atomic E-state index is 13.1. The SMILES string of the molecule is CNC[C@H]1OCCc2ccc3c(c21)OC(F)(F)O3. The molecule has 1 aromatic carbocycles. The summed E-state index contributed by atoms with van der Waals surface area (Å²) in [6, 6.07) is 3.32. The monoisotopic (exact) mass is 257 g/mol. The summed E-state index contributed by atoms with van der Waals surface area (Å²) in [5.41, 5.74) is 1.65. The highest BCUT2D eigenvalue weighted by Gasteiger charge is 2.46. The predicted octanol–water partition coefficient (Wildman–Crippen LogP) is 1.84.